The van der Waals surface area contributed by atoms with Crippen molar-refractivity contribution in [3.63, 3.8) is 0 Å². The van der Waals surface area contributed by atoms with Crippen molar-refractivity contribution < 1.29 is 19.4 Å². The SMILES string of the molecule is [C-]#[N+]c1cc(-c2cc(C(=O)O)ccn2)cc(OC)c1OCC(C)C. The molecule has 0 aliphatic rings. The molecule has 2 rings (SSSR count). The zero-order valence-corrected chi connectivity index (χ0v) is 13.7. The summed E-state index contributed by atoms with van der Waals surface area (Å²) in [7, 11) is 1.50. The third-order valence-electron chi connectivity index (χ3n) is 3.24. The van der Waals surface area contributed by atoms with Gasteiger partial charge >= 0.3 is 5.97 Å². The summed E-state index contributed by atoms with van der Waals surface area (Å²) in [5.41, 5.74) is 1.47. The molecule has 0 atom stereocenters. The van der Waals surface area contributed by atoms with Crippen molar-refractivity contribution in [3.8, 4) is 22.8 Å². The number of hydrogen-bond donors (Lipinski definition) is 1. The predicted molar refractivity (Wildman–Crippen MR) is 89.8 cm³/mol. The minimum absolute atomic E-state index is 0.128. The molecule has 24 heavy (non-hydrogen) atoms. The number of ether oxygens (including phenoxy) is 2. The minimum Gasteiger partial charge on any atom is -0.501 e. The first-order chi connectivity index (χ1) is 11.5. The summed E-state index contributed by atoms with van der Waals surface area (Å²) in [4.78, 5) is 18.8. The van der Waals surface area contributed by atoms with Crippen molar-refractivity contribution in [1.82, 2.24) is 4.98 Å². The van der Waals surface area contributed by atoms with Crippen LogP contribution in [0.4, 0.5) is 5.69 Å². The Kier molecular flexibility index (Phi) is 5.38. The number of carboxylic acids is 1. The van der Waals surface area contributed by atoms with Crippen LogP contribution in [0.25, 0.3) is 16.1 Å². The van der Waals surface area contributed by atoms with Crippen LogP contribution >= 0.6 is 0 Å². The highest BCUT2D eigenvalue weighted by Gasteiger charge is 2.16. The van der Waals surface area contributed by atoms with Gasteiger partial charge in [0.1, 0.15) is 0 Å². The van der Waals surface area contributed by atoms with Crippen LogP contribution in [0.3, 0.4) is 0 Å². The molecule has 0 amide bonds. The molecule has 0 fully saturated rings. The number of aromatic carboxylic acids is 1. The number of hydrogen-bond acceptors (Lipinski definition) is 4. The van der Waals surface area contributed by atoms with Gasteiger partial charge in [0.25, 0.3) is 0 Å². The topological polar surface area (TPSA) is 73.0 Å². The van der Waals surface area contributed by atoms with Gasteiger partial charge in [0.15, 0.2) is 11.5 Å². The van der Waals surface area contributed by atoms with Crippen LogP contribution in [0.15, 0.2) is 30.5 Å². The zero-order valence-electron chi connectivity index (χ0n) is 13.7. The Bertz CT molecular complexity index is 794. The van der Waals surface area contributed by atoms with E-state index >= 15 is 0 Å². The fourth-order valence-corrected chi connectivity index (χ4v) is 2.09. The second-order valence-electron chi connectivity index (χ2n) is 5.58. The molecule has 0 saturated carbocycles. The van der Waals surface area contributed by atoms with Crippen molar-refractivity contribution in [2.24, 2.45) is 5.92 Å². The molecule has 1 N–H and O–H groups in total. The fourth-order valence-electron chi connectivity index (χ4n) is 2.09. The number of aromatic nitrogens is 1. The second-order valence-corrected chi connectivity index (χ2v) is 5.58. The number of methoxy groups -OCH3 is 1. The molecule has 0 unspecified atom stereocenters. The van der Waals surface area contributed by atoms with Gasteiger partial charge in [0.05, 0.1) is 31.5 Å². The molecule has 1 aromatic carbocycles. The van der Waals surface area contributed by atoms with E-state index in [0.29, 0.717) is 41.0 Å². The number of pyridine rings is 1. The van der Waals surface area contributed by atoms with Crippen LogP contribution in [-0.4, -0.2) is 29.8 Å². The van der Waals surface area contributed by atoms with Crippen LogP contribution < -0.4 is 9.47 Å². The van der Waals surface area contributed by atoms with Crippen molar-refractivity contribution in [1.29, 1.82) is 0 Å². The van der Waals surface area contributed by atoms with Gasteiger partial charge in [-0.05, 0) is 35.7 Å². The third-order valence-corrected chi connectivity index (χ3v) is 3.24. The first-order valence-electron chi connectivity index (χ1n) is 7.38. The number of rotatable bonds is 6. The van der Waals surface area contributed by atoms with E-state index in [2.05, 4.69) is 9.83 Å². The Morgan fingerprint density at radius 1 is 1.38 bits per heavy atom. The molecule has 6 heteroatoms. The molecule has 1 heterocycles. The average Bonchev–Trinajstić information content (AvgIpc) is 2.59. The van der Waals surface area contributed by atoms with E-state index in [1.54, 1.807) is 12.1 Å². The van der Waals surface area contributed by atoms with Crippen LogP contribution in [0, 0.1) is 12.5 Å². The summed E-state index contributed by atoms with van der Waals surface area (Å²) in [6.07, 6.45) is 1.42. The highest BCUT2D eigenvalue weighted by atomic mass is 16.5. The average molecular weight is 326 g/mol. The van der Waals surface area contributed by atoms with Crippen LogP contribution in [0.2, 0.25) is 0 Å². The van der Waals surface area contributed by atoms with Gasteiger partial charge in [-0.25, -0.2) is 9.64 Å². The summed E-state index contributed by atoms with van der Waals surface area (Å²) >= 11 is 0. The summed E-state index contributed by atoms with van der Waals surface area (Å²) in [5.74, 6) is 0.0794. The number of nitrogens with zero attached hydrogens (tertiary/aromatic N) is 2. The maximum Gasteiger partial charge on any atom is 0.335 e. The summed E-state index contributed by atoms with van der Waals surface area (Å²) in [6, 6.07) is 6.19. The first kappa shape index (κ1) is 17.3. The fraction of sp³-hybridized carbons (Fsp3) is 0.278. The molecule has 6 nitrogen and oxygen atoms in total. The monoisotopic (exact) mass is 326 g/mol. The smallest absolute Gasteiger partial charge is 0.335 e. The van der Waals surface area contributed by atoms with E-state index in [-0.39, 0.29) is 5.56 Å². The number of carboxylic acid groups (broad SMARTS) is 1. The van der Waals surface area contributed by atoms with Gasteiger partial charge < -0.3 is 14.6 Å². The predicted octanol–water partition coefficient (Wildman–Crippen LogP) is 4.04. The molecule has 2 aromatic rings. The molecule has 0 bridgehead atoms. The van der Waals surface area contributed by atoms with Crippen LogP contribution in [-0.2, 0) is 0 Å². The van der Waals surface area contributed by atoms with E-state index in [9.17, 15) is 4.79 Å². The lowest BCUT2D eigenvalue weighted by molar-refractivity contribution is 0.0697. The molecule has 0 radical (unpaired) electrons. The number of benzene rings is 1. The first-order valence-corrected chi connectivity index (χ1v) is 7.38. The molecular weight excluding hydrogens is 308 g/mol. The quantitative estimate of drug-likeness (QED) is 0.811. The Hall–Kier alpha value is -3.07. The molecule has 0 aliphatic heterocycles. The van der Waals surface area contributed by atoms with Crippen molar-refractivity contribution in [2.45, 2.75) is 13.8 Å². The van der Waals surface area contributed by atoms with Gasteiger partial charge in [-0.15, -0.1) is 0 Å². The van der Waals surface area contributed by atoms with Gasteiger partial charge in [-0.3, -0.25) is 4.98 Å². The Morgan fingerprint density at radius 2 is 2.12 bits per heavy atom. The minimum atomic E-state index is -1.03. The lowest BCUT2D eigenvalue weighted by Gasteiger charge is -2.15. The standard InChI is InChI=1S/C18H18N2O4/c1-11(2)10-24-17-15(19-3)8-13(9-16(17)23-4)14-7-12(18(21)22)5-6-20-14/h5-9,11H,10H2,1-2,4H3,(H,21,22). The van der Waals surface area contributed by atoms with E-state index in [0.717, 1.165) is 0 Å². The second kappa shape index (κ2) is 7.47. The maximum absolute atomic E-state index is 11.1. The molecule has 0 aliphatic carbocycles. The van der Waals surface area contributed by atoms with E-state index < -0.39 is 5.97 Å². The van der Waals surface area contributed by atoms with Gasteiger partial charge in [0.2, 0.25) is 5.69 Å². The highest BCUT2D eigenvalue weighted by Crippen LogP contribution is 2.41. The molecule has 0 saturated heterocycles. The Labute approximate surface area is 140 Å². The summed E-state index contributed by atoms with van der Waals surface area (Å²) < 4.78 is 11.1. The van der Waals surface area contributed by atoms with E-state index in [1.807, 2.05) is 13.8 Å². The van der Waals surface area contributed by atoms with E-state index in [1.165, 1.54) is 25.4 Å². The lowest BCUT2D eigenvalue weighted by atomic mass is 10.1. The largest absolute Gasteiger partial charge is 0.501 e. The lowest BCUT2D eigenvalue weighted by Crippen LogP contribution is -2.06. The summed E-state index contributed by atoms with van der Waals surface area (Å²) in [5, 5.41) is 9.10. The Morgan fingerprint density at radius 3 is 2.71 bits per heavy atom. The highest BCUT2D eigenvalue weighted by molar-refractivity contribution is 5.89. The molecule has 0 spiro atoms. The number of carbonyl (C=O) groups is 1. The van der Waals surface area contributed by atoms with Crippen molar-refractivity contribution >= 4 is 11.7 Å². The zero-order chi connectivity index (χ0) is 17.7. The van der Waals surface area contributed by atoms with Crippen molar-refractivity contribution in [3.05, 3.63) is 47.4 Å². The molecule has 124 valence electrons. The normalized spacial score (nSPS) is 10.3. The maximum atomic E-state index is 11.1. The van der Waals surface area contributed by atoms with Gasteiger partial charge in [-0.1, -0.05) is 13.8 Å². The van der Waals surface area contributed by atoms with Crippen molar-refractivity contribution in [2.75, 3.05) is 13.7 Å². The Balaban J connectivity index is 2.51. The van der Waals surface area contributed by atoms with Gasteiger partial charge in [-0.2, -0.15) is 0 Å². The third kappa shape index (κ3) is 3.82. The van der Waals surface area contributed by atoms with Crippen LogP contribution in [0.5, 0.6) is 11.5 Å². The molecule has 1 aromatic heterocycles. The van der Waals surface area contributed by atoms with Crippen LogP contribution in [0.1, 0.15) is 24.2 Å². The summed E-state index contributed by atoms with van der Waals surface area (Å²) in [6.45, 7) is 11.9. The van der Waals surface area contributed by atoms with Gasteiger partial charge in [0, 0.05) is 6.20 Å². The van der Waals surface area contributed by atoms with E-state index in [4.69, 9.17) is 21.2 Å². The molecular formula is C18H18N2O4.